The van der Waals surface area contributed by atoms with Crippen LogP contribution in [0.1, 0.15) is 6.42 Å². The molecule has 0 amide bonds. The molecule has 5 heteroatoms. The largest absolute Gasteiger partial charge is 0.399 e. The van der Waals surface area contributed by atoms with Crippen LogP contribution in [0.5, 0.6) is 0 Å². The van der Waals surface area contributed by atoms with Crippen molar-refractivity contribution in [3.05, 3.63) is 23.8 Å². The molecule has 3 nitrogen and oxygen atoms in total. The van der Waals surface area contributed by atoms with Gasteiger partial charge in [0.25, 0.3) is 0 Å². The maximum atomic E-state index is 13.4. The van der Waals surface area contributed by atoms with Crippen LogP contribution in [0, 0.1) is 11.6 Å². The van der Waals surface area contributed by atoms with Crippen LogP contribution in [0.15, 0.2) is 12.1 Å². The van der Waals surface area contributed by atoms with Gasteiger partial charge in [0.2, 0.25) is 0 Å². The van der Waals surface area contributed by atoms with Crippen molar-refractivity contribution in [1.29, 1.82) is 0 Å². The number of aliphatic hydroxyl groups excluding tert-OH is 1. The zero-order valence-electron chi connectivity index (χ0n) is 8.08. The van der Waals surface area contributed by atoms with Crippen molar-refractivity contribution in [2.24, 2.45) is 0 Å². The molecule has 1 aliphatic rings. The van der Waals surface area contributed by atoms with Crippen LogP contribution in [0.2, 0.25) is 0 Å². The molecule has 82 valence electrons. The lowest BCUT2D eigenvalue weighted by molar-refractivity contribution is 0.198. The average Bonchev–Trinajstić information content (AvgIpc) is 2.49. The summed E-state index contributed by atoms with van der Waals surface area (Å²) in [5, 5.41) is 9.29. The number of aliphatic hydroxyl groups is 1. The van der Waals surface area contributed by atoms with E-state index in [2.05, 4.69) is 0 Å². The summed E-state index contributed by atoms with van der Waals surface area (Å²) in [5.74, 6) is -1.36. The van der Waals surface area contributed by atoms with Gasteiger partial charge < -0.3 is 15.7 Å². The number of nitrogen functional groups attached to an aromatic ring is 1. The van der Waals surface area contributed by atoms with E-state index >= 15 is 0 Å². The van der Waals surface area contributed by atoms with Crippen molar-refractivity contribution in [2.75, 3.05) is 23.7 Å². The lowest BCUT2D eigenvalue weighted by atomic mass is 10.2. The molecule has 1 aliphatic heterocycles. The van der Waals surface area contributed by atoms with E-state index in [9.17, 15) is 13.9 Å². The summed E-state index contributed by atoms with van der Waals surface area (Å²) in [6.07, 6.45) is 0.0184. The van der Waals surface area contributed by atoms with Gasteiger partial charge in [-0.25, -0.2) is 8.78 Å². The van der Waals surface area contributed by atoms with E-state index in [0.29, 0.717) is 13.0 Å². The number of benzene rings is 1. The minimum absolute atomic E-state index is 0.0634. The molecule has 1 saturated heterocycles. The summed E-state index contributed by atoms with van der Waals surface area (Å²) in [6, 6.07) is 2.17. The molecule has 1 heterocycles. The number of hydrogen-bond acceptors (Lipinski definition) is 3. The van der Waals surface area contributed by atoms with Crippen molar-refractivity contribution in [3.8, 4) is 0 Å². The fraction of sp³-hybridized carbons (Fsp3) is 0.400. The third kappa shape index (κ3) is 1.87. The van der Waals surface area contributed by atoms with E-state index in [-0.39, 0.29) is 17.9 Å². The topological polar surface area (TPSA) is 49.5 Å². The van der Waals surface area contributed by atoms with E-state index in [1.807, 2.05) is 0 Å². The lowest BCUT2D eigenvalue weighted by Crippen LogP contribution is -2.23. The van der Waals surface area contributed by atoms with E-state index in [1.165, 1.54) is 4.90 Å². The van der Waals surface area contributed by atoms with Gasteiger partial charge in [-0.2, -0.15) is 0 Å². The molecule has 1 aromatic rings. The molecule has 1 fully saturated rings. The Hall–Kier alpha value is -1.36. The molecule has 0 radical (unpaired) electrons. The predicted octanol–water partition coefficient (Wildman–Crippen LogP) is 1.12. The number of hydrogen-bond donors (Lipinski definition) is 2. The van der Waals surface area contributed by atoms with Crippen molar-refractivity contribution in [3.63, 3.8) is 0 Å². The maximum absolute atomic E-state index is 13.4. The van der Waals surface area contributed by atoms with E-state index in [4.69, 9.17) is 5.73 Å². The van der Waals surface area contributed by atoms with Crippen molar-refractivity contribution >= 4 is 11.4 Å². The van der Waals surface area contributed by atoms with E-state index in [1.54, 1.807) is 0 Å². The Kier molecular flexibility index (Phi) is 2.48. The Morgan fingerprint density at radius 3 is 2.40 bits per heavy atom. The number of nitrogens with zero attached hydrogens (tertiary/aromatic N) is 1. The molecule has 0 aromatic heterocycles. The first-order valence-corrected chi connectivity index (χ1v) is 4.75. The minimum Gasteiger partial charge on any atom is -0.399 e. The summed E-state index contributed by atoms with van der Waals surface area (Å²) in [5.41, 5.74) is 5.27. The van der Waals surface area contributed by atoms with Crippen LogP contribution in [-0.4, -0.2) is 24.3 Å². The van der Waals surface area contributed by atoms with Crippen LogP contribution >= 0.6 is 0 Å². The summed E-state index contributed by atoms with van der Waals surface area (Å²) >= 11 is 0. The molecule has 0 spiro atoms. The molecule has 0 bridgehead atoms. The number of rotatable bonds is 1. The average molecular weight is 214 g/mol. The first kappa shape index (κ1) is 10.2. The minimum atomic E-state index is -0.679. The normalized spacial score (nSPS) is 21.0. The van der Waals surface area contributed by atoms with Crippen LogP contribution < -0.4 is 10.6 Å². The summed E-state index contributed by atoms with van der Waals surface area (Å²) in [6.45, 7) is 0.719. The van der Waals surface area contributed by atoms with Crippen LogP contribution in [0.4, 0.5) is 20.2 Å². The monoisotopic (exact) mass is 214 g/mol. The molecule has 15 heavy (non-hydrogen) atoms. The van der Waals surface area contributed by atoms with Gasteiger partial charge in [0.05, 0.1) is 6.10 Å². The Morgan fingerprint density at radius 1 is 1.33 bits per heavy atom. The van der Waals surface area contributed by atoms with Gasteiger partial charge >= 0.3 is 0 Å². The zero-order valence-corrected chi connectivity index (χ0v) is 8.08. The van der Waals surface area contributed by atoms with Gasteiger partial charge in [-0.15, -0.1) is 0 Å². The molecular weight excluding hydrogens is 202 g/mol. The van der Waals surface area contributed by atoms with Gasteiger partial charge in [-0.3, -0.25) is 0 Å². The van der Waals surface area contributed by atoms with Gasteiger partial charge in [-0.05, 0) is 18.6 Å². The second kappa shape index (κ2) is 3.66. The molecular formula is C10H12F2N2O. The molecule has 1 atom stereocenters. The van der Waals surface area contributed by atoms with Gasteiger partial charge in [0, 0.05) is 18.8 Å². The number of anilines is 2. The third-order valence-electron chi connectivity index (χ3n) is 2.52. The fourth-order valence-corrected chi connectivity index (χ4v) is 1.83. The molecule has 2 rings (SSSR count). The predicted molar refractivity (Wildman–Crippen MR) is 53.6 cm³/mol. The van der Waals surface area contributed by atoms with Crippen molar-refractivity contribution < 1.29 is 13.9 Å². The highest BCUT2D eigenvalue weighted by Gasteiger charge is 2.25. The summed E-state index contributed by atoms with van der Waals surface area (Å²) in [7, 11) is 0. The molecule has 0 saturated carbocycles. The quantitative estimate of drug-likeness (QED) is 0.689. The molecule has 0 aliphatic carbocycles. The first-order chi connectivity index (χ1) is 7.08. The number of β-amino-alcohol motifs (C(OH)–C–C–N with tert-alkyl or cyclic N) is 1. The maximum Gasteiger partial charge on any atom is 0.151 e. The number of nitrogens with two attached hydrogens (primary N) is 1. The Labute approximate surface area is 86.1 Å². The Morgan fingerprint density at radius 2 is 1.93 bits per heavy atom. The second-order valence-electron chi connectivity index (χ2n) is 3.72. The Balaban J connectivity index is 2.35. The van der Waals surface area contributed by atoms with Gasteiger partial charge in [0.1, 0.15) is 5.69 Å². The SMILES string of the molecule is Nc1cc(F)c(N2CCC(O)C2)c(F)c1. The Bertz CT molecular complexity index is 361. The fourth-order valence-electron chi connectivity index (χ4n) is 1.83. The summed E-state index contributed by atoms with van der Waals surface area (Å²) in [4.78, 5) is 1.49. The first-order valence-electron chi connectivity index (χ1n) is 4.75. The summed E-state index contributed by atoms with van der Waals surface area (Å²) < 4.78 is 26.9. The van der Waals surface area contributed by atoms with E-state index in [0.717, 1.165) is 12.1 Å². The van der Waals surface area contributed by atoms with Gasteiger partial charge in [0.15, 0.2) is 11.6 Å². The lowest BCUT2D eigenvalue weighted by Gasteiger charge is -2.19. The van der Waals surface area contributed by atoms with Crippen molar-refractivity contribution in [1.82, 2.24) is 0 Å². The van der Waals surface area contributed by atoms with Crippen molar-refractivity contribution in [2.45, 2.75) is 12.5 Å². The second-order valence-corrected chi connectivity index (χ2v) is 3.72. The molecule has 1 unspecified atom stereocenters. The zero-order chi connectivity index (χ0) is 11.0. The molecule has 1 aromatic carbocycles. The van der Waals surface area contributed by atoms with Crippen LogP contribution in [-0.2, 0) is 0 Å². The number of halogens is 2. The van der Waals surface area contributed by atoms with Crippen LogP contribution in [0.25, 0.3) is 0 Å². The highest BCUT2D eigenvalue weighted by Crippen LogP contribution is 2.28. The smallest absolute Gasteiger partial charge is 0.151 e. The third-order valence-corrected chi connectivity index (χ3v) is 2.52. The standard InChI is InChI=1S/C10H12F2N2O/c11-8-3-6(13)4-9(12)10(8)14-2-1-7(15)5-14/h3-4,7,15H,1-2,5,13H2. The molecule has 3 N–H and O–H groups in total. The highest BCUT2D eigenvalue weighted by molar-refractivity contribution is 5.56. The highest BCUT2D eigenvalue weighted by atomic mass is 19.1. The van der Waals surface area contributed by atoms with E-state index < -0.39 is 17.7 Å². The van der Waals surface area contributed by atoms with Gasteiger partial charge in [-0.1, -0.05) is 0 Å². The van der Waals surface area contributed by atoms with Crippen LogP contribution in [0.3, 0.4) is 0 Å².